The number of anilines is 1. The molecular weight excluding hydrogens is 456 g/mol. The van der Waals surface area contributed by atoms with E-state index >= 15 is 0 Å². The first-order valence-corrected chi connectivity index (χ1v) is 13.4. The summed E-state index contributed by atoms with van der Waals surface area (Å²) in [6, 6.07) is 14.2. The lowest BCUT2D eigenvalue weighted by Crippen LogP contribution is -2.36. The molecule has 8 heteroatoms. The average molecular weight is 489 g/mol. The number of benzene rings is 1. The first-order valence-electron chi connectivity index (χ1n) is 12.5. The van der Waals surface area contributed by atoms with Crippen molar-refractivity contribution in [3.8, 4) is 5.69 Å². The molecule has 0 unspecified atom stereocenters. The minimum absolute atomic E-state index is 0.205. The summed E-state index contributed by atoms with van der Waals surface area (Å²) < 4.78 is 1.91. The molecule has 0 spiro atoms. The van der Waals surface area contributed by atoms with Crippen molar-refractivity contribution in [2.24, 2.45) is 0 Å². The molecule has 5 rings (SSSR count). The van der Waals surface area contributed by atoms with E-state index in [1.54, 1.807) is 11.3 Å². The van der Waals surface area contributed by atoms with E-state index in [-0.39, 0.29) is 11.8 Å². The highest BCUT2D eigenvalue weighted by Gasteiger charge is 2.24. The van der Waals surface area contributed by atoms with Crippen LogP contribution in [0.3, 0.4) is 0 Å². The molecule has 1 aliphatic heterocycles. The van der Waals surface area contributed by atoms with Crippen molar-refractivity contribution in [2.75, 3.05) is 31.1 Å². The maximum atomic E-state index is 12.9. The highest BCUT2D eigenvalue weighted by molar-refractivity contribution is 7.10. The van der Waals surface area contributed by atoms with Gasteiger partial charge in [0.2, 0.25) is 5.91 Å². The minimum Gasteiger partial charge on any atom is -0.354 e. The van der Waals surface area contributed by atoms with E-state index in [0.29, 0.717) is 13.0 Å². The number of rotatable bonds is 7. The third kappa shape index (κ3) is 5.07. The zero-order valence-electron chi connectivity index (χ0n) is 20.4. The molecule has 4 aromatic rings. The monoisotopic (exact) mass is 488 g/mol. The van der Waals surface area contributed by atoms with Gasteiger partial charge in [0.1, 0.15) is 11.6 Å². The molecule has 1 amide bonds. The van der Waals surface area contributed by atoms with Crippen molar-refractivity contribution >= 4 is 34.1 Å². The number of fused-ring (bicyclic) bond motifs is 1. The van der Waals surface area contributed by atoms with Crippen LogP contribution in [0.4, 0.5) is 5.82 Å². The molecule has 1 aliphatic rings. The van der Waals surface area contributed by atoms with Gasteiger partial charge in [0.05, 0.1) is 23.7 Å². The van der Waals surface area contributed by atoms with Crippen molar-refractivity contribution in [3.05, 3.63) is 64.7 Å². The van der Waals surface area contributed by atoms with Crippen LogP contribution in [-0.2, 0) is 11.2 Å². The van der Waals surface area contributed by atoms with Gasteiger partial charge in [0.25, 0.3) is 0 Å². The van der Waals surface area contributed by atoms with Gasteiger partial charge in [-0.2, -0.15) is 5.10 Å². The number of carbonyl (C=O) groups is 1. The summed E-state index contributed by atoms with van der Waals surface area (Å²) in [5, 5.41) is 7.69. The molecule has 7 nitrogen and oxygen atoms in total. The maximum absolute atomic E-state index is 12.9. The molecule has 35 heavy (non-hydrogen) atoms. The van der Waals surface area contributed by atoms with E-state index < -0.39 is 0 Å². The fourth-order valence-corrected chi connectivity index (χ4v) is 5.44. The third-order valence-electron chi connectivity index (χ3n) is 6.64. The highest BCUT2D eigenvalue weighted by atomic mass is 32.1. The smallest absolute Gasteiger partial charge is 0.227 e. The molecule has 0 saturated carbocycles. The molecule has 0 radical (unpaired) electrons. The topological polar surface area (TPSA) is 67.2 Å². The summed E-state index contributed by atoms with van der Waals surface area (Å²) in [6.45, 7) is 7.47. The Bertz CT molecular complexity index is 1270. The Morgan fingerprint density at radius 2 is 1.91 bits per heavy atom. The van der Waals surface area contributed by atoms with Crippen LogP contribution in [0, 0.1) is 0 Å². The lowest BCUT2D eigenvalue weighted by molar-refractivity contribution is -0.130. The van der Waals surface area contributed by atoms with Crippen LogP contribution >= 0.6 is 11.3 Å². The quantitative estimate of drug-likeness (QED) is 0.364. The first kappa shape index (κ1) is 23.5. The van der Waals surface area contributed by atoms with Crippen LogP contribution in [0.25, 0.3) is 16.7 Å². The van der Waals surface area contributed by atoms with Gasteiger partial charge >= 0.3 is 0 Å². The Balaban J connectivity index is 1.45. The number of amides is 1. The van der Waals surface area contributed by atoms with Gasteiger partial charge in [-0.3, -0.25) is 4.79 Å². The van der Waals surface area contributed by atoms with Gasteiger partial charge < -0.3 is 9.80 Å². The summed E-state index contributed by atoms with van der Waals surface area (Å²) in [6.07, 6.45) is 5.40. The molecule has 4 heterocycles. The van der Waals surface area contributed by atoms with Gasteiger partial charge in [-0.05, 0) is 36.4 Å². The highest BCUT2D eigenvalue weighted by Crippen LogP contribution is 2.29. The Hall–Kier alpha value is -3.26. The molecule has 0 bridgehead atoms. The number of nitrogens with zero attached hydrogens (tertiary/aromatic N) is 6. The third-order valence-corrected chi connectivity index (χ3v) is 7.52. The number of para-hydroxylation sites is 1. The van der Waals surface area contributed by atoms with Crippen molar-refractivity contribution in [2.45, 2.75) is 45.4 Å². The number of thiophene rings is 1. The number of aromatic nitrogens is 4. The zero-order valence-corrected chi connectivity index (χ0v) is 21.2. The minimum atomic E-state index is 0.205. The maximum Gasteiger partial charge on any atom is 0.227 e. The molecule has 0 aliphatic carbocycles. The molecule has 1 saturated heterocycles. The fraction of sp³-hybridized carbons (Fsp3) is 0.407. The zero-order chi connectivity index (χ0) is 24.2. The normalized spacial score (nSPS) is 15.4. The molecule has 0 N–H and O–H groups in total. The van der Waals surface area contributed by atoms with E-state index in [1.807, 2.05) is 63.6 Å². The van der Waals surface area contributed by atoms with Crippen LogP contribution in [-0.4, -0.2) is 56.7 Å². The molecule has 1 atom stereocenters. The van der Waals surface area contributed by atoms with Gasteiger partial charge in [-0.25, -0.2) is 14.6 Å². The average Bonchev–Trinajstić information content (AvgIpc) is 3.48. The second-order valence-corrected chi connectivity index (χ2v) is 10.2. The van der Waals surface area contributed by atoms with Crippen LogP contribution in [0.1, 0.15) is 49.7 Å². The molecular formula is C27H32N6OS. The Labute approximate surface area is 210 Å². The summed E-state index contributed by atoms with van der Waals surface area (Å²) in [5.74, 6) is 2.26. The Morgan fingerprint density at radius 1 is 1.06 bits per heavy atom. The summed E-state index contributed by atoms with van der Waals surface area (Å²) in [7, 11) is 0. The Kier molecular flexibility index (Phi) is 7.08. The molecule has 182 valence electrons. The van der Waals surface area contributed by atoms with E-state index in [9.17, 15) is 4.79 Å². The fourth-order valence-electron chi connectivity index (χ4n) is 4.74. The first-order chi connectivity index (χ1) is 17.1. The second-order valence-electron chi connectivity index (χ2n) is 9.20. The predicted octanol–water partition coefficient (Wildman–Crippen LogP) is 5.06. The SMILES string of the molecule is CCC[C@H](C)c1nc(N2CCCN(C(=O)Cc3cccs3)CC2)c2cnn(-c3ccccc3)c2n1. The van der Waals surface area contributed by atoms with Crippen molar-refractivity contribution in [1.29, 1.82) is 0 Å². The summed E-state index contributed by atoms with van der Waals surface area (Å²) in [5.41, 5.74) is 1.83. The van der Waals surface area contributed by atoms with Gasteiger partial charge in [-0.15, -0.1) is 11.3 Å². The van der Waals surface area contributed by atoms with Crippen LogP contribution < -0.4 is 4.90 Å². The van der Waals surface area contributed by atoms with Gasteiger partial charge in [0.15, 0.2) is 5.65 Å². The van der Waals surface area contributed by atoms with Crippen LogP contribution in [0.15, 0.2) is 54.0 Å². The second kappa shape index (κ2) is 10.6. The van der Waals surface area contributed by atoms with Crippen molar-refractivity contribution < 1.29 is 4.79 Å². The van der Waals surface area contributed by atoms with Gasteiger partial charge in [0, 0.05) is 37.0 Å². The van der Waals surface area contributed by atoms with Crippen molar-refractivity contribution in [3.63, 3.8) is 0 Å². The Morgan fingerprint density at radius 3 is 2.69 bits per heavy atom. The van der Waals surface area contributed by atoms with E-state index in [1.165, 1.54) is 0 Å². The molecule has 1 fully saturated rings. The largest absolute Gasteiger partial charge is 0.354 e. The lowest BCUT2D eigenvalue weighted by atomic mass is 10.1. The van der Waals surface area contributed by atoms with Crippen molar-refractivity contribution in [1.82, 2.24) is 24.6 Å². The number of hydrogen-bond donors (Lipinski definition) is 0. The predicted molar refractivity (Wildman–Crippen MR) is 141 cm³/mol. The molecule has 1 aromatic carbocycles. The number of hydrogen-bond acceptors (Lipinski definition) is 6. The summed E-state index contributed by atoms with van der Waals surface area (Å²) >= 11 is 1.64. The van der Waals surface area contributed by atoms with Crippen LogP contribution in [0.2, 0.25) is 0 Å². The van der Waals surface area contributed by atoms with E-state index in [0.717, 1.165) is 72.1 Å². The molecule has 3 aromatic heterocycles. The standard InChI is InChI=1S/C27H32N6OS/c1-3-9-20(2)25-29-26(23-19-28-33(27(23)30-25)21-10-5-4-6-11-21)32-14-8-13-31(15-16-32)24(34)18-22-12-7-17-35-22/h4-7,10-12,17,19-20H,3,8-9,13-16,18H2,1-2H3/t20-/m0/s1. The lowest BCUT2D eigenvalue weighted by Gasteiger charge is -2.24. The number of carbonyl (C=O) groups excluding carboxylic acids is 1. The van der Waals surface area contributed by atoms with E-state index in [2.05, 4.69) is 18.7 Å². The van der Waals surface area contributed by atoms with Crippen LogP contribution in [0.5, 0.6) is 0 Å². The summed E-state index contributed by atoms with van der Waals surface area (Å²) in [4.78, 5) is 28.4. The van der Waals surface area contributed by atoms with E-state index in [4.69, 9.17) is 15.1 Å². The van der Waals surface area contributed by atoms with Gasteiger partial charge in [-0.1, -0.05) is 44.5 Å².